The maximum Gasteiger partial charge on any atom is 0.234 e. The van der Waals surface area contributed by atoms with Crippen molar-refractivity contribution in [1.29, 1.82) is 0 Å². The zero-order chi connectivity index (χ0) is 18.9. The number of hydrogen-bond acceptors (Lipinski definition) is 4. The van der Waals surface area contributed by atoms with Gasteiger partial charge in [0.05, 0.1) is 19.0 Å². The highest BCUT2D eigenvalue weighted by atomic mass is 32.2. The number of ether oxygens (including phenoxy) is 2. The molecule has 140 valence electrons. The Bertz CT molecular complexity index is 756. The lowest BCUT2D eigenvalue weighted by Crippen LogP contribution is -2.14. The summed E-state index contributed by atoms with van der Waals surface area (Å²) >= 11 is 1.32. The molecule has 0 aromatic heterocycles. The van der Waals surface area contributed by atoms with E-state index in [9.17, 15) is 13.6 Å². The number of carbonyl (C=O) groups is 1. The number of amides is 1. The molecule has 0 fully saturated rings. The van der Waals surface area contributed by atoms with Gasteiger partial charge in [0, 0.05) is 17.5 Å². The molecule has 1 N–H and O–H groups in total. The maximum absolute atomic E-state index is 13.2. The summed E-state index contributed by atoms with van der Waals surface area (Å²) < 4.78 is 37.1. The third-order valence-corrected chi connectivity index (χ3v) is 4.32. The Morgan fingerprint density at radius 2 is 1.73 bits per heavy atom. The topological polar surface area (TPSA) is 47.6 Å². The number of thioether (sulfide) groups is 1. The molecule has 0 spiro atoms. The molecule has 0 aliphatic rings. The van der Waals surface area contributed by atoms with Gasteiger partial charge in [0.15, 0.2) is 23.1 Å². The Hall–Kier alpha value is -2.28. The van der Waals surface area contributed by atoms with E-state index in [0.29, 0.717) is 41.7 Å². The number of hydrogen-bond donors (Lipinski definition) is 1. The highest BCUT2D eigenvalue weighted by molar-refractivity contribution is 7.99. The van der Waals surface area contributed by atoms with Crippen LogP contribution < -0.4 is 14.8 Å². The second kappa shape index (κ2) is 10.0. The molecule has 1 amide bonds. The van der Waals surface area contributed by atoms with Crippen LogP contribution in [-0.4, -0.2) is 24.9 Å². The van der Waals surface area contributed by atoms with E-state index in [1.165, 1.54) is 17.8 Å². The van der Waals surface area contributed by atoms with E-state index in [1.807, 2.05) is 13.8 Å². The summed E-state index contributed by atoms with van der Waals surface area (Å²) in [6.07, 6.45) is 0. The van der Waals surface area contributed by atoms with E-state index < -0.39 is 11.6 Å². The normalized spacial score (nSPS) is 10.5. The summed E-state index contributed by atoms with van der Waals surface area (Å²) in [6, 6.07) is 8.93. The third kappa shape index (κ3) is 5.91. The van der Waals surface area contributed by atoms with Gasteiger partial charge in [-0.25, -0.2) is 8.78 Å². The molecule has 26 heavy (non-hydrogen) atoms. The quantitative estimate of drug-likeness (QED) is 0.688. The molecule has 0 unspecified atom stereocenters. The van der Waals surface area contributed by atoms with Crippen molar-refractivity contribution in [2.75, 3.05) is 24.3 Å². The average Bonchev–Trinajstić information content (AvgIpc) is 2.61. The predicted octanol–water partition coefficient (Wildman–Crippen LogP) is 4.63. The van der Waals surface area contributed by atoms with Crippen molar-refractivity contribution in [2.24, 2.45) is 0 Å². The lowest BCUT2D eigenvalue weighted by molar-refractivity contribution is -0.113. The molecule has 2 rings (SSSR count). The Labute approximate surface area is 155 Å². The summed E-state index contributed by atoms with van der Waals surface area (Å²) in [5.41, 5.74) is 1.23. The zero-order valence-corrected chi connectivity index (χ0v) is 15.5. The Kier molecular flexibility index (Phi) is 7.72. The molecular formula is C19H21F2NO3S. The maximum atomic E-state index is 13.2. The van der Waals surface area contributed by atoms with Gasteiger partial charge in [0.1, 0.15) is 0 Å². The Morgan fingerprint density at radius 1 is 1.00 bits per heavy atom. The van der Waals surface area contributed by atoms with Crippen LogP contribution in [0.5, 0.6) is 11.5 Å². The lowest BCUT2D eigenvalue weighted by Gasteiger charge is -2.13. The number of nitrogens with one attached hydrogen (secondary N) is 1. The number of carbonyl (C=O) groups excluding carboxylic acids is 1. The van der Waals surface area contributed by atoms with Crippen LogP contribution in [0.25, 0.3) is 0 Å². The van der Waals surface area contributed by atoms with Crippen molar-refractivity contribution in [2.45, 2.75) is 19.6 Å². The van der Waals surface area contributed by atoms with Gasteiger partial charge in [0.2, 0.25) is 5.91 Å². The fourth-order valence-electron chi connectivity index (χ4n) is 2.22. The van der Waals surface area contributed by atoms with Gasteiger partial charge in [-0.3, -0.25) is 4.79 Å². The fourth-order valence-corrected chi connectivity index (χ4v) is 2.99. The molecule has 4 nitrogen and oxygen atoms in total. The van der Waals surface area contributed by atoms with Crippen LogP contribution in [0.1, 0.15) is 19.4 Å². The first kappa shape index (κ1) is 20.0. The Morgan fingerprint density at radius 3 is 2.42 bits per heavy atom. The van der Waals surface area contributed by atoms with E-state index in [4.69, 9.17) is 9.47 Å². The van der Waals surface area contributed by atoms with E-state index in [1.54, 1.807) is 18.2 Å². The SMILES string of the molecule is CCOc1ccc(NC(=O)CSCc2ccc(F)c(F)c2)cc1OCC. The fraction of sp³-hybridized carbons (Fsp3) is 0.316. The van der Waals surface area contributed by atoms with Crippen molar-refractivity contribution >= 4 is 23.4 Å². The van der Waals surface area contributed by atoms with Gasteiger partial charge in [0.25, 0.3) is 0 Å². The first-order valence-electron chi connectivity index (χ1n) is 8.24. The van der Waals surface area contributed by atoms with E-state index in [2.05, 4.69) is 5.32 Å². The molecule has 0 radical (unpaired) electrons. The minimum atomic E-state index is -0.884. The lowest BCUT2D eigenvalue weighted by atomic mass is 10.2. The average molecular weight is 381 g/mol. The molecule has 7 heteroatoms. The summed E-state index contributed by atoms with van der Waals surface area (Å²) in [5.74, 6) is -0.151. The predicted molar refractivity (Wildman–Crippen MR) is 99.9 cm³/mol. The van der Waals surface area contributed by atoms with Crippen LogP contribution >= 0.6 is 11.8 Å². The molecule has 2 aromatic rings. The van der Waals surface area contributed by atoms with Gasteiger partial charge in [-0.15, -0.1) is 11.8 Å². The van der Waals surface area contributed by atoms with Crippen LogP contribution in [0.15, 0.2) is 36.4 Å². The molecule has 0 saturated carbocycles. The number of halogens is 2. The molecular weight excluding hydrogens is 360 g/mol. The van der Waals surface area contributed by atoms with Crippen molar-refractivity contribution in [3.8, 4) is 11.5 Å². The van der Waals surface area contributed by atoms with Gasteiger partial charge in [-0.05, 0) is 43.7 Å². The van der Waals surface area contributed by atoms with E-state index in [0.717, 1.165) is 12.1 Å². The molecule has 0 atom stereocenters. The van der Waals surface area contributed by atoms with Gasteiger partial charge >= 0.3 is 0 Å². The van der Waals surface area contributed by atoms with Crippen LogP contribution in [0.2, 0.25) is 0 Å². The summed E-state index contributed by atoms with van der Waals surface area (Å²) in [6.45, 7) is 4.76. The summed E-state index contributed by atoms with van der Waals surface area (Å²) in [7, 11) is 0. The second-order valence-electron chi connectivity index (χ2n) is 5.32. The minimum absolute atomic E-state index is 0.191. The second-order valence-corrected chi connectivity index (χ2v) is 6.30. The van der Waals surface area contributed by atoms with Crippen LogP contribution in [-0.2, 0) is 10.5 Å². The summed E-state index contributed by atoms with van der Waals surface area (Å²) in [5, 5.41) is 2.79. The largest absolute Gasteiger partial charge is 0.490 e. The van der Waals surface area contributed by atoms with Crippen LogP contribution in [0.4, 0.5) is 14.5 Å². The number of anilines is 1. The zero-order valence-electron chi connectivity index (χ0n) is 14.7. The van der Waals surface area contributed by atoms with E-state index >= 15 is 0 Å². The van der Waals surface area contributed by atoms with Gasteiger partial charge < -0.3 is 14.8 Å². The van der Waals surface area contributed by atoms with Crippen molar-refractivity contribution < 1.29 is 23.0 Å². The van der Waals surface area contributed by atoms with Crippen molar-refractivity contribution in [3.63, 3.8) is 0 Å². The molecule has 0 heterocycles. The summed E-state index contributed by atoms with van der Waals surface area (Å²) in [4.78, 5) is 12.1. The first-order valence-corrected chi connectivity index (χ1v) is 9.40. The molecule has 0 bridgehead atoms. The number of rotatable bonds is 9. The highest BCUT2D eigenvalue weighted by Crippen LogP contribution is 2.30. The van der Waals surface area contributed by atoms with E-state index in [-0.39, 0.29) is 11.7 Å². The number of benzene rings is 2. The van der Waals surface area contributed by atoms with Crippen LogP contribution in [0, 0.1) is 11.6 Å². The molecule has 0 aliphatic carbocycles. The monoisotopic (exact) mass is 381 g/mol. The van der Waals surface area contributed by atoms with Crippen LogP contribution in [0.3, 0.4) is 0 Å². The molecule has 0 aliphatic heterocycles. The third-order valence-electron chi connectivity index (χ3n) is 3.31. The van der Waals surface area contributed by atoms with Crippen molar-refractivity contribution in [1.82, 2.24) is 0 Å². The van der Waals surface area contributed by atoms with Gasteiger partial charge in [-0.1, -0.05) is 6.07 Å². The van der Waals surface area contributed by atoms with Crippen molar-refractivity contribution in [3.05, 3.63) is 53.6 Å². The molecule has 0 saturated heterocycles. The molecule has 2 aromatic carbocycles. The smallest absolute Gasteiger partial charge is 0.234 e. The van der Waals surface area contributed by atoms with Gasteiger partial charge in [-0.2, -0.15) is 0 Å². The highest BCUT2D eigenvalue weighted by Gasteiger charge is 2.09. The Balaban J connectivity index is 1.88. The first-order chi connectivity index (χ1) is 12.5. The minimum Gasteiger partial charge on any atom is -0.490 e. The standard InChI is InChI=1S/C19H21F2NO3S/c1-3-24-17-8-6-14(10-18(17)25-4-2)22-19(23)12-26-11-13-5-7-15(20)16(21)9-13/h5-10H,3-4,11-12H2,1-2H3,(H,22,23).